The predicted octanol–water partition coefficient (Wildman–Crippen LogP) is 1.25. The molecule has 0 bridgehead atoms. The Bertz CT molecular complexity index is 698. The minimum absolute atomic E-state index is 0.144. The Kier molecular flexibility index (Phi) is 8.43. The minimum Gasteiger partial charge on any atom is -0.481 e. The van der Waals surface area contributed by atoms with Gasteiger partial charge in [-0.3, -0.25) is 9.59 Å². The van der Waals surface area contributed by atoms with E-state index in [1.165, 1.54) is 7.11 Å². The maximum atomic E-state index is 12.5. The molecule has 0 unspecified atom stereocenters. The van der Waals surface area contributed by atoms with Crippen LogP contribution in [-0.2, 0) is 30.3 Å². The Labute approximate surface area is 163 Å². The highest BCUT2D eigenvalue weighted by Crippen LogP contribution is 2.08. The van der Waals surface area contributed by atoms with Crippen LogP contribution in [0.5, 0.6) is 0 Å². The van der Waals surface area contributed by atoms with Gasteiger partial charge >= 0.3 is 18.0 Å². The van der Waals surface area contributed by atoms with Gasteiger partial charge in [0.15, 0.2) is 0 Å². The second kappa shape index (κ2) is 10.3. The van der Waals surface area contributed by atoms with Crippen molar-refractivity contribution in [2.75, 3.05) is 7.11 Å². The largest absolute Gasteiger partial charge is 0.481 e. The Morgan fingerprint density at radius 3 is 2.14 bits per heavy atom. The van der Waals surface area contributed by atoms with Gasteiger partial charge in [-0.25, -0.2) is 9.59 Å². The van der Waals surface area contributed by atoms with E-state index < -0.39 is 48.0 Å². The van der Waals surface area contributed by atoms with Gasteiger partial charge in [0.05, 0.1) is 13.5 Å². The SMILES string of the molecule is COC(=O)[C@H](Cc1ccccc1)NC(=O)[C@@H](CC(=O)O)NC(=O)OC(C)(C)C. The predicted molar refractivity (Wildman–Crippen MR) is 99.5 cm³/mol. The molecule has 9 heteroatoms. The molecule has 0 fully saturated rings. The number of rotatable bonds is 8. The van der Waals surface area contributed by atoms with Crippen LogP contribution in [0.25, 0.3) is 0 Å². The van der Waals surface area contributed by atoms with Crippen LogP contribution in [0.2, 0.25) is 0 Å². The van der Waals surface area contributed by atoms with Gasteiger partial charge in [0.25, 0.3) is 0 Å². The molecule has 0 spiro atoms. The third-order valence-electron chi connectivity index (χ3n) is 3.47. The number of carbonyl (C=O) groups excluding carboxylic acids is 3. The van der Waals surface area contributed by atoms with Gasteiger partial charge in [0.2, 0.25) is 5.91 Å². The smallest absolute Gasteiger partial charge is 0.408 e. The zero-order valence-corrected chi connectivity index (χ0v) is 16.4. The molecule has 1 rings (SSSR count). The average Bonchev–Trinajstić information content (AvgIpc) is 2.58. The summed E-state index contributed by atoms with van der Waals surface area (Å²) in [5, 5.41) is 13.7. The molecule has 0 aromatic heterocycles. The number of carboxylic acids is 1. The highest BCUT2D eigenvalue weighted by Gasteiger charge is 2.30. The van der Waals surface area contributed by atoms with Crippen LogP contribution >= 0.6 is 0 Å². The molecule has 1 aromatic rings. The van der Waals surface area contributed by atoms with Gasteiger partial charge in [-0.15, -0.1) is 0 Å². The molecule has 0 saturated carbocycles. The van der Waals surface area contributed by atoms with Crippen LogP contribution in [0, 0.1) is 0 Å². The number of esters is 1. The lowest BCUT2D eigenvalue weighted by molar-refractivity contribution is -0.145. The molecule has 1 aromatic carbocycles. The van der Waals surface area contributed by atoms with E-state index in [9.17, 15) is 19.2 Å². The Morgan fingerprint density at radius 1 is 1.04 bits per heavy atom. The lowest BCUT2D eigenvalue weighted by Crippen LogP contribution is -2.53. The second-order valence-electron chi connectivity index (χ2n) is 7.07. The van der Waals surface area contributed by atoms with E-state index in [0.717, 1.165) is 5.56 Å². The molecule has 2 amide bonds. The molecule has 0 radical (unpaired) electrons. The molecule has 0 heterocycles. The zero-order chi connectivity index (χ0) is 21.3. The van der Waals surface area contributed by atoms with Crippen LogP contribution in [0.1, 0.15) is 32.8 Å². The van der Waals surface area contributed by atoms with Gasteiger partial charge in [-0.2, -0.15) is 0 Å². The van der Waals surface area contributed by atoms with Gasteiger partial charge in [-0.05, 0) is 26.3 Å². The van der Waals surface area contributed by atoms with Crippen LogP contribution in [0.3, 0.4) is 0 Å². The number of carboxylic acid groups (broad SMARTS) is 1. The summed E-state index contributed by atoms with van der Waals surface area (Å²) in [6.07, 6.45) is -1.47. The number of methoxy groups -OCH3 is 1. The Balaban J connectivity index is 2.90. The lowest BCUT2D eigenvalue weighted by atomic mass is 10.1. The van der Waals surface area contributed by atoms with Crippen molar-refractivity contribution < 1.29 is 33.8 Å². The number of aliphatic carboxylic acids is 1. The van der Waals surface area contributed by atoms with Crippen molar-refractivity contribution in [3.05, 3.63) is 35.9 Å². The summed E-state index contributed by atoms with van der Waals surface area (Å²) in [6, 6.07) is 6.45. The summed E-state index contributed by atoms with van der Waals surface area (Å²) in [7, 11) is 1.18. The first kappa shape index (κ1) is 22.9. The molecule has 0 aliphatic heterocycles. The molecular weight excluding hydrogens is 368 g/mol. The summed E-state index contributed by atoms with van der Waals surface area (Å²) in [4.78, 5) is 47.6. The van der Waals surface area contributed by atoms with Crippen LogP contribution in [-0.4, -0.2) is 53.8 Å². The number of benzene rings is 1. The van der Waals surface area contributed by atoms with Crippen molar-refractivity contribution >= 4 is 23.9 Å². The highest BCUT2D eigenvalue weighted by atomic mass is 16.6. The Hall–Kier alpha value is -3.10. The van der Waals surface area contributed by atoms with Crippen molar-refractivity contribution in [2.24, 2.45) is 0 Å². The fraction of sp³-hybridized carbons (Fsp3) is 0.474. The molecular formula is C19H26N2O7. The van der Waals surface area contributed by atoms with Gasteiger partial charge in [-0.1, -0.05) is 30.3 Å². The number of amides is 2. The third kappa shape index (κ3) is 8.52. The first-order chi connectivity index (χ1) is 13.0. The van der Waals surface area contributed by atoms with Crippen molar-refractivity contribution in [1.29, 1.82) is 0 Å². The first-order valence-electron chi connectivity index (χ1n) is 8.65. The minimum atomic E-state index is -1.42. The van der Waals surface area contributed by atoms with Crippen LogP contribution < -0.4 is 10.6 Å². The van der Waals surface area contributed by atoms with Gasteiger partial charge < -0.3 is 25.2 Å². The average molecular weight is 394 g/mol. The van der Waals surface area contributed by atoms with Crippen molar-refractivity contribution in [2.45, 2.75) is 51.3 Å². The fourth-order valence-corrected chi connectivity index (χ4v) is 2.29. The van der Waals surface area contributed by atoms with Crippen LogP contribution in [0.4, 0.5) is 4.79 Å². The van der Waals surface area contributed by atoms with E-state index in [-0.39, 0.29) is 6.42 Å². The molecule has 2 atom stereocenters. The van der Waals surface area contributed by atoms with Crippen molar-refractivity contribution in [1.82, 2.24) is 10.6 Å². The molecule has 28 heavy (non-hydrogen) atoms. The number of hydrogen-bond donors (Lipinski definition) is 3. The quantitative estimate of drug-likeness (QED) is 0.566. The summed E-state index contributed by atoms with van der Waals surface area (Å²) in [5.41, 5.74) is -0.0518. The number of nitrogens with one attached hydrogen (secondary N) is 2. The monoisotopic (exact) mass is 394 g/mol. The summed E-state index contributed by atoms with van der Waals surface area (Å²) < 4.78 is 9.77. The van der Waals surface area contributed by atoms with E-state index >= 15 is 0 Å². The summed E-state index contributed by atoms with van der Waals surface area (Å²) in [5.74, 6) is -2.82. The lowest BCUT2D eigenvalue weighted by Gasteiger charge is -2.24. The summed E-state index contributed by atoms with van der Waals surface area (Å²) in [6.45, 7) is 4.89. The number of carbonyl (C=O) groups is 4. The number of hydrogen-bond acceptors (Lipinski definition) is 6. The van der Waals surface area contributed by atoms with Gasteiger partial charge in [0, 0.05) is 6.42 Å². The molecule has 0 aliphatic rings. The molecule has 9 nitrogen and oxygen atoms in total. The molecule has 3 N–H and O–H groups in total. The Morgan fingerprint density at radius 2 is 1.64 bits per heavy atom. The van der Waals surface area contributed by atoms with E-state index in [1.54, 1.807) is 45.0 Å². The topological polar surface area (TPSA) is 131 Å². The second-order valence-corrected chi connectivity index (χ2v) is 7.07. The fourth-order valence-electron chi connectivity index (χ4n) is 2.29. The number of ether oxygens (including phenoxy) is 2. The first-order valence-corrected chi connectivity index (χ1v) is 8.65. The maximum Gasteiger partial charge on any atom is 0.408 e. The summed E-state index contributed by atoms with van der Waals surface area (Å²) >= 11 is 0. The normalized spacial score (nSPS) is 13.0. The maximum absolute atomic E-state index is 12.5. The van der Waals surface area contributed by atoms with E-state index in [1.807, 2.05) is 6.07 Å². The highest BCUT2D eigenvalue weighted by molar-refractivity contribution is 5.92. The standard InChI is InChI=1S/C19H26N2O7/c1-19(2,3)28-18(26)21-13(11-15(22)23)16(24)20-14(17(25)27-4)10-12-8-6-5-7-9-12/h5-9,13-14H,10-11H2,1-4H3,(H,20,24)(H,21,26)(H,22,23)/t13-,14+/m1/s1. The van der Waals surface area contributed by atoms with E-state index in [4.69, 9.17) is 14.6 Å². The van der Waals surface area contributed by atoms with Crippen molar-refractivity contribution in [3.63, 3.8) is 0 Å². The number of alkyl carbamates (subject to hydrolysis) is 1. The molecule has 0 aliphatic carbocycles. The molecule has 154 valence electrons. The van der Waals surface area contributed by atoms with Gasteiger partial charge in [0.1, 0.15) is 17.7 Å². The van der Waals surface area contributed by atoms with Crippen molar-refractivity contribution in [3.8, 4) is 0 Å². The molecule has 0 saturated heterocycles. The van der Waals surface area contributed by atoms with E-state index in [0.29, 0.717) is 0 Å². The third-order valence-corrected chi connectivity index (χ3v) is 3.47. The van der Waals surface area contributed by atoms with Crippen LogP contribution in [0.15, 0.2) is 30.3 Å². The zero-order valence-electron chi connectivity index (χ0n) is 16.4. The van der Waals surface area contributed by atoms with E-state index in [2.05, 4.69) is 10.6 Å².